The maximum absolute atomic E-state index is 11.4. The number of benzene rings is 1. The summed E-state index contributed by atoms with van der Waals surface area (Å²) in [6.45, 7) is 11.2. The molecule has 112 valence electrons. The molecule has 0 aliphatic heterocycles. The van der Waals surface area contributed by atoms with Gasteiger partial charge in [0.25, 0.3) is 0 Å². The van der Waals surface area contributed by atoms with Crippen LogP contribution in [0.4, 0.5) is 0 Å². The lowest BCUT2D eigenvalue weighted by atomic mass is 10.1. The van der Waals surface area contributed by atoms with E-state index in [-0.39, 0.29) is 5.54 Å². The van der Waals surface area contributed by atoms with Crippen molar-refractivity contribution in [2.24, 2.45) is 0 Å². The van der Waals surface area contributed by atoms with Crippen LogP contribution in [-0.4, -0.2) is 32.5 Å². The summed E-state index contributed by atoms with van der Waals surface area (Å²) in [5.74, 6) is 0.821. The molecule has 0 aromatic heterocycles. The second kappa shape index (κ2) is 6.78. The van der Waals surface area contributed by atoms with Crippen molar-refractivity contribution >= 4 is 21.6 Å². The number of hydrogen-bond acceptors (Lipinski definition) is 4. The molecule has 20 heavy (non-hydrogen) atoms. The summed E-state index contributed by atoms with van der Waals surface area (Å²) in [7, 11) is -3.11. The lowest BCUT2D eigenvalue weighted by Gasteiger charge is -2.21. The van der Waals surface area contributed by atoms with Gasteiger partial charge in [-0.15, -0.1) is 11.8 Å². The van der Waals surface area contributed by atoms with Crippen molar-refractivity contribution in [3.63, 3.8) is 0 Å². The smallest absolute Gasteiger partial charge is 0.175 e. The van der Waals surface area contributed by atoms with Crippen LogP contribution in [0.25, 0.3) is 0 Å². The monoisotopic (exact) mass is 313 g/mol. The van der Waals surface area contributed by atoms with Crippen LogP contribution in [0.5, 0.6) is 0 Å². The third-order valence-corrected chi connectivity index (χ3v) is 4.85. The topological polar surface area (TPSA) is 46.2 Å². The highest BCUT2D eigenvalue weighted by Gasteiger charge is 2.09. The summed E-state index contributed by atoms with van der Waals surface area (Å²) < 4.78 is 22.7. The molecule has 1 aromatic rings. The Bertz CT molecular complexity index is 555. The number of sulfone groups is 1. The second-order valence-electron chi connectivity index (χ2n) is 5.89. The van der Waals surface area contributed by atoms with Crippen molar-refractivity contribution in [1.29, 1.82) is 0 Å². The maximum atomic E-state index is 11.4. The molecule has 0 heterocycles. The Labute approximate surface area is 126 Å². The van der Waals surface area contributed by atoms with Crippen molar-refractivity contribution in [1.82, 2.24) is 5.32 Å². The minimum atomic E-state index is -3.11. The average molecular weight is 313 g/mol. The molecule has 0 unspecified atom stereocenters. The molecule has 1 aromatic carbocycles. The highest BCUT2D eigenvalue weighted by Crippen LogP contribution is 2.22. The van der Waals surface area contributed by atoms with Gasteiger partial charge in [-0.2, -0.15) is 0 Å². The van der Waals surface area contributed by atoms with E-state index in [1.54, 1.807) is 23.9 Å². The van der Waals surface area contributed by atoms with E-state index in [2.05, 4.69) is 32.7 Å². The number of thioether (sulfide) groups is 1. The summed E-state index contributed by atoms with van der Waals surface area (Å²) in [6, 6.07) is 6.97. The fourth-order valence-corrected chi connectivity index (χ4v) is 2.84. The summed E-state index contributed by atoms with van der Waals surface area (Å²) in [6.07, 6.45) is 1.22. The van der Waals surface area contributed by atoms with E-state index in [9.17, 15) is 8.42 Å². The Balaban J connectivity index is 2.48. The Morgan fingerprint density at radius 1 is 1.25 bits per heavy atom. The van der Waals surface area contributed by atoms with Crippen molar-refractivity contribution in [2.75, 3.05) is 18.6 Å². The van der Waals surface area contributed by atoms with Gasteiger partial charge in [-0.25, -0.2) is 8.42 Å². The molecule has 0 saturated heterocycles. The largest absolute Gasteiger partial charge is 0.308 e. The van der Waals surface area contributed by atoms with Crippen molar-refractivity contribution < 1.29 is 8.42 Å². The highest BCUT2D eigenvalue weighted by molar-refractivity contribution is 7.99. The molecule has 0 saturated carbocycles. The van der Waals surface area contributed by atoms with E-state index in [0.717, 1.165) is 22.8 Å². The van der Waals surface area contributed by atoms with Crippen LogP contribution >= 0.6 is 11.8 Å². The van der Waals surface area contributed by atoms with Crippen LogP contribution in [0, 0.1) is 0 Å². The third-order valence-electron chi connectivity index (χ3n) is 2.56. The van der Waals surface area contributed by atoms with E-state index in [1.807, 2.05) is 12.1 Å². The molecule has 0 aliphatic rings. The lowest BCUT2D eigenvalue weighted by Crippen LogP contribution is -2.37. The van der Waals surface area contributed by atoms with Gasteiger partial charge in [0.15, 0.2) is 9.84 Å². The molecule has 0 radical (unpaired) electrons. The Kier molecular flexibility index (Phi) is 5.86. The Morgan fingerprint density at radius 3 is 2.25 bits per heavy atom. The van der Waals surface area contributed by atoms with Crippen molar-refractivity contribution in [3.05, 3.63) is 36.4 Å². The fourth-order valence-electron chi connectivity index (χ4n) is 1.41. The number of nitrogens with one attached hydrogen (secondary N) is 1. The molecule has 3 nitrogen and oxygen atoms in total. The van der Waals surface area contributed by atoms with Gasteiger partial charge in [0.1, 0.15) is 0 Å². The molecule has 1 rings (SSSR count). The van der Waals surface area contributed by atoms with Crippen LogP contribution in [0.3, 0.4) is 0 Å². The van der Waals surface area contributed by atoms with Crippen LogP contribution in [0.1, 0.15) is 20.8 Å². The normalized spacial score (nSPS) is 12.4. The maximum Gasteiger partial charge on any atom is 0.175 e. The van der Waals surface area contributed by atoms with Crippen molar-refractivity contribution in [3.8, 4) is 0 Å². The molecular weight excluding hydrogens is 290 g/mol. The van der Waals surface area contributed by atoms with Gasteiger partial charge in [0.2, 0.25) is 0 Å². The molecule has 0 bridgehead atoms. The molecular formula is C15H23NO2S2. The number of rotatable bonds is 6. The molecule has 0 atom stereocenters. The van der Waals surface area contributed by atoms with Gasteiger partial charge < -0.3 is 5.32 Å². The zero-order chi connectivity index (χ0) is 15.4. The molecule has 5 heteroatoms. The van der Waals surface area contributed by atoms with E-state index < -0.39 is 9.84 Å². The lowest BCUT2D eigenvalue weighted by molar-refractivity contribution is 0.445. The molecule has 0 spiro atoms. The summed E-state index contributed by atoms with van der Waals surface area (Å²) in [4.78, 5) is 1.41. The Morgan fingerprint density at radius 2 is 1.80 bits per heavy atom. The van der Waals surface area contributed by atoms with Gasteiger partial charge in [-0.3, -0.25) is 0 Å². The molecule has 0 amide bonds. The van der Waals surface area contributed by atoms with Crippen LogP contribution in [-0.2, 0) is 9.84 Å². The summed E-state index contributed by atoms with van der Waals surface area (Å²) in [5.41, 5.74) is 1.21. The van der Waals surface area contributed by atoms with Gasteiger partial charge in [-0.05, 0) is 45.0 Å². The average Bonchev–Trinajstić information content (AvgIpc) is 2.32. The first-order valence-corrected chi connectivity index (χ1v) is 9.30. The predicted octanol–water partition coefficient (Wildman–Crippen LogP) is 3.13. The van der Waals surface area contributed by atoms with Gasteiger partial charge in [0.05, 0.1) is 4.90 Å². The first kappa shape index (κ1) is 17.3. The van der Waals surface area contributed by atoms with E-state index in [1.165, 1.54) is 6.26 Å². The zero-order valence-electron chi connectivity index (χ0n) is 12.6. The first-order chi connectivity index (χ1) is 9.08. The predicted molar refractivity (Wildman–Crippen MR) is 87.2 cm³/mol. The standard InChI is InChI=1S/C15H23NO2S2/c1-12(10-16-15(2,3)4)11-19-13-6-8-14(9-7-13)20(5,17)18/h6-9,16H,1,10-11H2,2-5H3. The molecule has 0 aliphatic carbocycles. The first-order valence-electron chi connectivity index (χ1n) is 6.42. The zero-order valence-corrected chi connectivity index (χ0v) is 14.2. The minimum absolute atomic E-state index is 0.0880. The molecule has 1 N–H and O–H groups in total. The van der Waals surface area contributed by atoms with E-state index in [0.29, 0.717) is 4.90 Å². The van der Waals surface area contributed by atoms with Crippen molar-refractivity contribution in [2.45, 2.75) is 36.1 Å². The highest BCUT2D eigenvalue weighted by atomic mass is 32.2. The summed E-state index contributed by atoms with van der Waals surface area (Å²) >= 11 is 1.66. The number of hydrogen-bond donors (Lipinski definition) is 1. The quantitative estimate of drug-likeness (QED) is 0.647. The third kappa shape index (κ3) is 6.59. The van der Waals surface area contributed by atoms with Crippen LogP contribution in [0.2, 0.25) is 0 Å². The van der Waals surface area contributed by atoms with Crippen LogP contribution in [0.15, 0.2) is 46.2 Å². The SMILES string of the molecule is C=C(CNC(C)(C)C)CSc1ccc(S(C)(=O)=O)cc1. The van der Waals surface area contributed by atoms with E-state index >= 15 is 0 Å². The second-order valence-corrected chi connectivity index (χ2v) is 8.95. The fraction of sp³-hybridized carbons (Fsp3) is 0.467. The summed E-state index contributed by atoms with van der Waals surface area (Å²) in [5, 5.41) is 3.39. The molecule has 0 fully saturated rings. The minimum Gasteiger partial charge on any atom is -0.308 e. The van der Waals surface area contributed by atoms with Crippen LogP contribution < -0.4 is 5.32 Å². The van der Waals surface area contributed by atoms with Gasteiger partial charge in [-0.1, -0.05) is 12.2 Å². The van der Waals surface area contributed by atoms with E-state index in [4.69, 9.17) is 0 Å². The Hall–Kier alpha value is -0.780. The van der Waals surface area contributed by atoms with Gasteiger partial charge in [0, 0.05) is 29.0 Å². The van der Waals surface area contributed by atoms with Gasteiger partial charge >= 0.3 is 0 Å².